The zero-order chi connectivity index (χ0) is 13.8. The van der Waals surface area contributed by atoms with Crippen LogP contribution in [0.25, 0.3) is 0 Å². The maximum absolute atomic E-state index is 13.3. The van der Waals surface area contributed by atoms with Crippen molar-refractivity contribution in [1.29, 1.82) is 0 Å². The number of amides is 1. The molecule has 1 aromatic carbocycles. The largest absolute Gasteiger partial charge is 0.326 e. The van der Waals surface area contributed by atoms with Gasteiger partial charge in [-0.05, 0) is 36.8 Å². The smallest absolute Gasteiger partial charge is 0.257 e. The van der Waals surface area contributed by atoms with Crippen molar-refractivity contribution in [2.75, 3.05) is 5.32 Å². The molecular weight excluding hydrogens is 245 g/mol. The van der Waals surface area contributed by atoms with Gasteiger partial charge in [0.15, 0.2) is 0 Å². The number of nitrogens with two attached hydrogens (primary N) is 1. The van der Waals surface area contributed by atoms with E-state index in [-0.39, 0.29) is 18.3 Å². The second-order valence-electron chi connectivity index (χ2n) is 4.22. The molecular formula is C14H14FN3O. The first kappa shape index (κ1) is 13.2. The first-order chi connectivity index (χ1) is 9.10. The van der Waals surface area contributed by atoms with Crippen molar-refractivity contribution in [2.24, 2.45) is 5.73 Å². The van der Waals surface area contributed by atoms with Crippen LogP contribution in [-0.2, 0) is 6.54 Å². The van der Waals surface area contributed by atoms with E-state index in [9.17, 15) is 9.18 Å². The molecule has 5 heteroatoms. The lowest BCUT2D eigenvalue weighted by Gasteiger charge is -2.07. The number of rotatable bonds is 3. The van der Waals surface area contributed by atoms with E-state index in [0.717, 1.165) is 5.56 Å². The molecule has 0 aliphatic rings. The molecule has 0 radical (unpaired) electrons. The highest BCUT2D eigenvalue weighted by atomic mass is 19.1. The summed E-state index contributed by atoms with van der Waals surface area (Å²) in [5.74, 6) is -0.663. The van der Waals surface area contributed by atoms with Crippen LogP contribution in [0.3, 0.4) is 0 Å². The molecule has 1 heterocycles. The molecule has 4 nitrogen and oxygen atoms in total. The van der Waals surface area contributed by atoms with Crippen molar-refractivity contribution in [2.45, 2.75) is 13.5 Å². The van der Waals surface area contributed by atoms with Gasteiger partial charge in [-0.25, -0.2) is 4.39 Å². The van der Waals surface area contributed by atoms with E-state index in [0.29, 0.717) is 16.8 Å². The zero-order valence-electron chi connectivity index (χ0n) is 10.5. The Morgan fingerprint density at radius 3 is 2.84 bits per heavy atom. The van der Waals surface area contributed by atoms with E-state index in [1.807, 2.05) is 6.92 Å². The fourth-order valence-corrected chi connectivity index (χ4v) is 1.69. The zero-order valence-corrected chi connectivity index (χ0v) is 10.5. The number of aromatic nitrogens is 1. The van der Waals surface area contributed by atoms with Gasteiger partial charge in [0.05, 0.1) is 5.56 Å². The third-order valence-corrected chi connectivity index (χ3v) is 2.66. The topological polar surface area (TPSA) is 68.0 Å². The number of pyridine rings is 1. The van der Waals surface area contributed by atoms with Gasteiger partial charge in [-0.3, -0.25) is 9.78 Å². The Bertz CT molecular complexity index is 613. The number of carbonyl (C=O) groups is 1. The second kappa shape index (κ2) is 5.58. The molecule has 98 valence electrons. The van der Waals surface area contributed by atoms with E-state index in [2.05, 4.69) is 10.3 Å². The van der Waals surface area contributed by atoms with E-state index in [4.69, 9.17) is 5.73 Å². The Morgan fingerprint density at radius 2 is 2.16 bits per heavy atom. The summed E-state index contributed by atoms with van der Waals surface area (Å²) in [5.41, 5.74) is 7.64. The van der Waals surface area contributed by atoms with Crippen molar-refractivity contribution in [3.05, 3.63) is 59.2 Å². The highest BCUT2D eigenvalue weighted by molar-refractivity contribution is 6.04. The van der Waals surface area contributed by atoms with Gasteiger partial charge in [0, 0.05) is 30.2 Å². The number of hydrogen-bond acceptors (Lipinski definition) is 3. The average Bonchev–Trinajstić information content (AvgIpc) is 2.41. The van der Waals surface area contributed by atoms with Gasteiger partial charge in [-0.2, -0.15) is 0 Å². The van der Waals surface area contributed by atoms with Crippen LogP contribution in [-0.4, -0.2) is 10.9 Å². The van der Waals surface area contributed by atoms with Gasteiger partial charge in [0.2, 0.25) is 0 Å². The molecule has 19 heavy (non-hydrogen) atoms. The Kier molecular flexibility index (Phi) is 3.87. The standard InChI is InChI=1S/C14H14FN3O/c1-9-4-11(8-17-7-9)14(19)18-12-2-3-13(15)10(5-12)6-16/h2-5,7-8H,6,16H2,1H3,(H,18,19). The lowest BCUT2D eigenvalue weighted by molar-refractivity contribution is 0.102. The quantitative estimate of drug-likeness (QED) is 0.888. The summed E-state index contributed by atoms with van der Waals surface area (Å²) < 4.78 is 13.3. The molecule has 0 bridgehead atoms. The molecule has 0 aliphatic carbocycles. The highest BCUT2D eigenvalue weighted by Crippen LogP contribution is 2.15. The molecule has 0 saturated carbocycles. The first-order valence-electron chi connectivity index (χ1n) is 5.81. The van der Waals surface area contributed by atoms with Crippen molar-refractivity contribution in [3.63, 3.8) is 0 Å². The minimum Gasteiger partial charge on any atom is -0.326 e. The van der Waals surface area contributed by atoms with Crippen LogP contribution >= 0.6 is 0 Å². The number of carbonyl (C=O) groups excluding carboxylic acids is 1. The maximum Gasteiger partial charge on any atom is 0.257 e. The second-order valence-corrected chi connectivity index (χ2v) is 4.22. The van der Waals surface area contributed by atoms with E-state index >= 15 is 0 Å². The van der Waals surface area contributed by atoms with Gasteiger partial charge in [0.25, 0.3) is 5.91 Å². The maximum atomic E-state index is 13.3. The monoisotopic (exact) mass is 259 g/mol. The predicted molar refractivity (Wildman–Crippen MR) is 71.2 cm³/mol. The number of benzene rings is 1. The number of aryl methyl sites for hydroxylation is 1. The van der Waals surface area contributed by atoms with Crippen LogP contribution in [0.4, 0.5) is 10.1 Å². The Morgan fingerprint density at radius 1 is 1.37 bits per heavy atom. The molecule has 1 aromatic heterocycles. The van der Waals surface area contributed by atoms with Crippen molar-refractivity contribution in [3.8, 4) is 0 Å². The summed E-state index contributed by atoms with van der Waals surface area (Å²) in [7, 11) is 0. The molecule has 0 unspecified atom stereocenters. The number of halogens is 1. The molecule has 2 aromatic rings. The van der Waals surface area contributed by atoms with Gasteiger partial charge < -0.3 is 11.1 Å². The lowest BCUT2D eigenvalue weighted by Crippen LogP contribution is -2.13. The fourth-order valence-electron chi connectivity index (χ4n) is 1.69. The van der Waals surface area contributed by atoms with Gasteiger partial charge in [-0.15, -0.1) is 0 Å². The number of nitrogens with one attached hydrogen (secondary N) is 1. The van der Waals surface area contributed by atoms with Crippen LogP contribution in [0.15, 0.2) is 36.7 Å². The van der Waals surface area contributed by atoms with Crippen LogP contribution in [0.1, 0.15) is 21.5 Å². The molecule has 1 amide bonds. The van der Waals surface area contributed by atoms with E-state index in [1.165, 1.54) is 24.4 Å². The number of anilines is 1. The van der Waals surface area contributed by atoms with Crippen molar-refractivity contribution < 1.29 is 9.18 Å². The highest BCUT2D eigenvalue weighted by Gasteiger charge is 2.08. The number of nitrogens with zero attached hydrogens (tertiary/aromatic N) is 1. The summed E-state index contributed by atoms with van der Waals surface area (Å²) in [5, 5.41) is 2.69. The number of hydrogen-bond donors (Lipinski definition) is 2. The van der Waals surface area contributed by atoms with Crippen LogP contribution in [0.5, 0.6) is 0 Å². The molecule has 0 aliphatic heterocycles. The van der Waals surface area contributed by atoms with Crippen LogP contribution < -0.4 is 11.1 Å². The molecule has 0 fully saturated rings. The molecule has 0 spiro atoms. The first-order valence-corrected chi connectivity index (χ1v) is 5.81. The van der Waals surface area contributed by atoms with Crippen LogP contribution in [0.2, 0.25) is 0 Å². The van der Waals surface area contributed by atoms with Gasteiger partial charge >= 0.3 is 0 Å². The molecule has 2 rings (SSSR count). The fraction of sp³-hybridized carbons (Fsp3) is 0.143. The van der Waals surface area contributed by atoms with E-state index < -0.39 is 0 Å². The van der Waals surface area contributed by atoms with Crippen molar-refractivity contribution >= 4 is 11.6 Å². The molecule has 3 N–H and O–H groups in total. The minimum absolute atomic E-state index is 0.0849. The van der Waals surface area contributed by atoms with Crippen LogP contribution in [0, 0.1) is 12.7 Å². The Labute approximate surface area is 110 Å². The van der Waals surface area contributed by atoms with Gasteiger partial charge in [0.1, 0.15) is 5.82 Å². The van der Waals surface area contributed by atoms with Gasteiger partial charge in [-0.1, -0.05) is 0 Å². The Hall–Kier alpha value is -2.27. The van der Waals surface area contributed by atoms with Crippen molar-refractivity contribution in [1.82, 2.24) is 4.98 Å². The SMILES string of the molecule is Cc1cncc(C(=O)Nc2ccc(F)c(CN)c2)c1. The third kappa shape index (κ3) is 3.14. The molecule has 0 saturated heterocycles. The predicted octanol–water partition coefficient (Wildman–Crippen LogP) is 2.24. The third-order valence-electron chi connectivity index (χ3n) is 2.66. The average molecular weight is 259 g/mol. The summed E-state index contributed by atoms with van der Waals surface area (Å²) in [6, 6.07) is 6.04. The Balaban J connectivity index is 2.19. The summed E-state index contributed by atoms with van der Waals surface area (Å²) in [4.78, 5) is 15.9. The molecule has 0 atom stereocenters. The summed E-state index contributed by atoms with van der Waals surface area (Å²) in [6.45, 7) is 1.94. The minimum atomic E-state index is -0.377. The summed E-state index contributed by atoms with van der Waals surface area (Å²) >= 11 is 0. The summed E-state index contributed by atoms with van der Waals surface area (Å²) in [6.07, 6.45) is 3.15. The lowest BCUT2D eigenvalue weighted by atomic mass is 10.1. The van der Waals surface area contributed by atoms with E-state index in [1.54, 1.807) is 12.3 Å². The normalized spacial score (nSPS) is 10.3.